The molecule has 5 heteroatoms. The largest absolute Gasteiger partial charge is 0.335 e. The summed E-state index contributed by atoms with van der Waals surface area (Å²) >= 11 is 0. The summed E-state index contributed by atoms with van der Waals surface area (Å²) in [4.78, 5) is 4.29. The van der Waals surface area contributed by atoms with Crippen molar-refractivity contribution in [2.75, 3.05) is 5.43 Å². The summed E-state index contributed by atoms with van der Waals surface area (Å²) in [5.74, 6) is 6.02. The van der Waals surface area contributed by atoms with Gasteiger partial charge in [0.2, 0.25) is 0 Å². The molecular weight excluding hydrogens is 192 g/mol. The number of fused-ring (bicyclic) bond motifs is 1. The van der Waals surface area contributed by atoms with E-state index in [1.165, 1.54) is 12.8 Å². The lowest BCUT2D eigenvalue weighted by molar-refractivity contribution is 0.439. The molecule has 2 aromatic heterocycles. The van der Waals surface area contributed by atoms with Crippen LogP contribution in [-0.4, -0.2) is 10.1 Å². The molecule has 1 aliphatic rings. The van der Waals surface area contributed by atoms with Gasteiger partial charge in [0, 0.05) is 11.6 Å². The molecule has 0 bridgehead atoms. The Kier molecular flexibility index (Phi) is 1.70. The lowest BCUT2D eigenvalue weighted by atomic mass is 10.1. The highest BCUT2D eigenvalue weighted by Crippen LogP contribution is 2.43. The van der Waals surface area contributed by atoms with E-state index in [2.05, 4.69) is 15.6 Å². The highest BCUT2D eigenvalue weighted by Gasteiger charge is 2.30. The quantitative estimate of drug-likeness (QED) is 0.575. The van der Waals surface area contributed by atoms with E-state index in [1.54, 1.807) is 0 Å². The molecule has 1 saturated carbocycles. The average Bonchev–Trinajstić information content (AvgIpc) is 2.98. The van der Waals surface area contributed by atoms with Gasteiger partial charge in [-0.3, -0.25) is 5.84 Å². The Morgan fingerprint density at radius 2 is 2.33 bits per heavy atom. The zero-order valence-electron chi connectivity index (χ0n) is 8.45. The van der Waals surface area contributed by atoms with Crippen molar-refractivity contribution < 1.29 is 4.52 Å². The normalized spacial score (nSPS) is 15.9. The topological polar surface area (TPSA) is 77.0 Å². The van der Waals surface area contributed by atoms with Gasteiger partial charge in [-0.25, -0.2) is 4.98 Å². The lowest BCUT2D eigenvalue weighted by Gasteiger charge is -2.02. The maximum Gasteiger partial charge on any atom is 0.260 e. The molecule has 15 heavy (non-hydrogen) atoms. The van der Waals surface area contributed by atoms with Gasteiger partial charge in [0.05, 0.1) is 16.8 Å². The van der Waals surface area contributed by atoms with E-state index in [1.807, 2.05) is 13.0 Å². The predicted octanol–water partition coefficient (Wildman–Crippen LogP) is 1.69. The van der Waals surface area contributed by atoms with E-state index >= 15 is 0 Å². The second-order valence-corrected chi connectivity index (χ2v) is 3.98. The van der Waals surface area contributed by atoms with Crippen molar-refractivity contribution in [1.82, 2.24) is 10.1 Å². The van der Waals surface area contributed by atoms with Gasteiger partial charge in [-0.1, -0.05) is 5.16 Å². The molecule has 0 aliphatic heterocycles. The van der Waals surface area contributed by atoms with E-state index in [0.717, 1.165) is 22.5 Å². The Bertz CT molecular complexity index is 515. The van der Waals surface area contributed by atoms with E-state index in [9.17, 15) is 0 Å². The zero-order valence-corrected chi connectivity index (χ0v) is 8.45. The maximum absolute atomic E-state index is 5.49. The standard InChI is InChI=1S/C10H12N4O/c1-5-4-7(13-11)8-9(6-2-3-6)14-15-10(8)12-5/h4,6H,2-3,11H2,1H3,(H,12,13). The number of rotatable bonds is 2. The minimum atomic E-state index is 0.530. The van der Waals surface area contributed by atoms with Gasteiger partial charge in [-0.05, 0) is 25.8 Å². The average molecular weight is 204 g/mol. The van der Waals surface area contributed by atoms with Crippen LogP contribution in [0.5, 0.6) is 0 Å². The summed E-state index contributed by atoms with van der Waals surface area (Å²) in [7, 11) is 0. The molecule has 0 amide bonds. The number of nitrogen functional groups attached to an aromatic ring is 1. The number of aryl methyl sites for hydroxylation is 1. The fourth-order valence-electron chi connectivity index (χ4n) is 1.85. The third-order valence-corrected chi connectivity index (χ3v) is 2.72. The second kappa shape index (κ2) is 2.93. The Labute approximate surface area is 86.6 Å². The van der Waals surface area contributed by atoms with Crippen molar-refractivity contribution in [3.05, 3.63) is 17.5 Å². The Morgan fingerprint density at radius 3 is 3.00 bits per heavy atom. The fourth-order valence-corrected chi connectivity index (χ4v) is 1.85. The van der Waals surface area contributed by atoms with Gasteiger partial charge < -0.3 is 9.95 Å². The first kappa shape index (κ1) is 8.67. The third kappa shape index (κ3) is 1.27. The van der Waals surface area contributed by atoms with Gasteiger partial charge in [0.25, 0.3) is 5.71 Å². The number of anilines is 1. The molecule has 2 heterocycles. The smallest absolute Gasteiger partial charge is 0.260 e. The highest BCUT2D eigenvalue weighted by atomic mass is 16.5. The van der Waals surface area contributed by atoms with Crippen LogP contribution in [0.3, 0.4) is 0 Å². The molecule has 0 saturated heterocycles. The Balaban J connectivity index is 2.30. The van der Waals surface area contributed by atoms with Crippen molar-refractivity contribution in [1.29, 1.82) is 0 Å². The summed E-state index contributed by atoms with van der Waals surface area (Å²) < 4.78 is 5.22. The number of nitrogens with zero attached hydrogens (tertiary/aromatic N) is 2. The summed E-state index contributed by atoms with van der Waals surface area (Å²) in [5, 5.41) is 5.01. The van der Waals surface area contributed by atoms with Gasteiger partial charge >= 0.3 is 0 Å². The van der Waals surface area contributed by atoms with E-state index in [4.69, 9.17) is 10.4 Å². The molecule has 3 rings (SSSR count). The zero-order chi connectivity index (χ0) is 10.4. The number of aromatic nitrogens is 2. The number of hydrogen-bond acceptors (Lipinski definition) is 5. The maximum atomic E-state index is 5.49. The molecule has 1 fully saturated rings. The minimum absolute atomic E-state index is 0.530. The summed E-state index contributed by atoms with van der Waals surface area (Å²) in [6.45, 7) is 1.90. The molecule has 3 N–H and O–H groups in total. The SMILES string of the molecule is Cc1cc(NN)c2c(C3CC3)noc2n1. The van der Waals surface area contributed by atoms with Crippen LogP contribution in [0.4, 0.5) is 5.69 Å². The van der Waals surface area contributed by atoms with Gasteiger partial charge in [0.15, 0.2) is 0 Å². The first-order valence-electron chi connectivity index (χ1n) is 5.03. The first-order chi connectivity index (χ1) is 7.29. The molecule has 2 aromatic rings. The summed E-state index contributed by atoms with van der Waals surface area (Å²) in [5.41, 5.74) is 5.96. The number of hydrazine groups is 1. The van der Waals surface area contributed by atoms with Crippen molar-refractivity contribution in [3.8, 4) is 0 Å². The fraction of sp³-hybridized carbons (Fsp3) is 0.400. The number of nitrogens with one attached hydrogen (secondary N) is 1. The molecule has 0 spiro atoms. The van der Waals surface area contributed by atoms with Gasteiger partial charge in [0.1, 0.15) is 0 Å². The van der Waals surface area contributed by atoms with Crippen LogP contribution >= 0.6 is 0 Å². The highest BCUT2D eigenvalue weighted by molar-refractivity contribution is 5.90. The number of pyridine rings is 1. The van der Waals surface area contributed by atoms with E-state index in [-0.39, 0.29) is 0 Å². The number of hydrogen-bond donors (Lipinski definition) is 2. The van der Waals surface area contributed by atoms with Crippen LogP contribution in [-0.2, 0) is 0 Å². The molecule has 78 valence electrons. The van der Waals surface area contributed by atoms with Crippen LogP contribution in [0.25, 0.3) is 11.1 Å². The molecule has 5 nitrogen and oxygen atoms in total. The third-order valence-electron chi connectivity index (χ3n) is 2.72. The van der Waals surface area contributed by atoms with Crippen LogP contribution in [0.15, 0.2) is 10.6 Å². The number of nitrogens with two attached hydrogens (primary N) is 1. The Morgan fingerprint density at radius 1 is 1.53 bits per heavy atom. The van der Waals surface area contributed by atoms with Crippen LogP contribution < -0.4 is 11.3 Å². The van der Waals surface area contributed by atoms with E-state index in [0.29, 0.717) is 11.6 Å². The molecule has 0 unspecified atom stereocenters. The molecule has 0 radical (unpaired) electrons. The monoisotopic (exact) mass is 204 g/mol. The molecule has 0 atom stereocenters. The minimum Gasteiger partial charge on any atom is -0.335 e. The lowest BCUT2D eigenvalue weighted by Crippen LogP contribution is -2.08. The molecule has 1 aliphatic carbocycles. The first-order valence-corrected chi connectivity index (χ1v) is 5.03. The van der Waals surface area contributed by atoms with Crippen molar-refractivity contribution in [2.45, 2.75) is 25.7 Å². The summed E-state index contributed by atoms with van der Waals surface area (Å²) in [6, 6.07) is 1.91. The van der Waals surface area contributed by atoms with Crippen LogP contribution in [0.2, 0.25) is 0 Å². The second-order valence-electron chi connectivity index (χ2n) is 3.98. The van der Waals surface area contributed by atoms with Crippen molar-refractivity contribution in [2.24, 2.45) is 5.84 Å². The predicted molar refractivity (Wildman–Crippen MR) is 56.3 cm³/mol. The van der Waals surface area contributed by atoms with Crippen LogP contribution in [0.1, 0.15) is 30.1 Å². The van der Waals surface area contributed by atoms with E-state index < -0.39 is 0 Å². The Hall–Kier alpha value is -1.62. The van der Waals surface area contributed by atoms with Gasteiger partial charge in [-0.2, -0.15) is 0 Å². The van der Waals surface area contributed by atoms with Crippen molar-refractivity contribution in [3.63, 3.8) is 0 Å². The molecular formula is C10H12N4O. The van der Waals surface area contributed by atoms with Crippen LogP contribution in [0, 0.1) is 6.92 Å². The van der Waals surface area contributed by atoms with Crippen molar-refractivity contribution >= 4 is 16.8 Å². The molecule has 0 aromatic carbocycles. The van der Waals surface area contributed by atoms with Gasteiger partial charge in [-0.15, -0.1) is 0 Å². The summed E-state index contributed by atoms with van der Waals surface area (Å²) in [6.07, 6.45) is 2.36.